The molecule has 0 aromatic carbocycles. The van der Waals surface area contributed by atoms with Gasteiger partial charge in [0.05, 0.1) is 0 Å². The standard InChI is InChI=1S/C7H16.C6H14/c1-4-7(5-2)6-3;1-4-6(3)5-2/h7H,4-6H2,1-3H3;6H,4-5H2,1-3H3. The van der Waals surface area contributed by atoms with E-state index in [0.717, 1.165) is 11.8 Å². The third-order valence-electron chi connectivity index (χ3n) is 3.13. The fourth-order valence-corrected chi connectivity index (χ4v) is 1.15. The van der Waals surface area contributed by atoms with E-state index in [1.54, 1.807) is 0 Å². The fraction of sp³-hybridized carbons (Fsp3) is 1.00. The first-order chi connectivity index (χ1) is 6.15. The molecule has 0 heterocycles. The molecule has 0 atom stereocenters. The fourth-order valence-electron chi connectivity index (χ4n) is 1.15. The smallest absolute Gasteiger partial charge is 0.0422 e. The highest BCUT2D eigenvalue weighted by molar-refractivity contribution is 4.48. The molecule has 0 heteroatoms. The van der Waals surface area contributed by atoms with Crippen LogP contribution in [0, 0.1) is 11.8 Å². The molecule has 82 valence electrons. The van der Waals surface area contributed by atoms with Crippen LogP contribution in [-0.4, -0.2) is 0 Å². The summed E-state index contributed by atoms with van der Waals surface area (Å²) < 4.78 is 0. The van der Waals surface area contributed by atoms with Gasteiger partial charge in [-0.3, -0.25) is 0 Å². The summed E-state index contributed by atoms with van der Waals surface area (Å²) in [5.41, 5.74) is 0. The lowest BCUT2D eigenvalue weighted by atomic mass is 10.0. The van der Waals surface area contributed by atoms with Crippen LogP contribution in [0.15, 0.2) is 0 Å². The zero-order valence-corrected chi connectivity index (χ0v) is 10.7. The van der Waals surface area contributed by atoms with Crippen LogP contribution in [0.4, 0.5) is 0 Å². The van der Waals surface area contributed by atoms with Crippen molar-refractivity contribution in [1.82, 2.24) is 0 Å². The van der Waals surface area contributed by atoms with E-state index in [1.807, 2.05) is 0 Å². The van der Waals surface area contributed by atoms with Gasteiger partial charge < -0.3 is 0 Å². The number of hydrogen-bond donors (Lipinski definition) is 0. The van der Waals surface area contributed by atoms with Crippen LogP contribution in [-0.2, 0) is 0 Å². The van der Waals surface area contributed by atoms with Crippen molar-refractivity contribution in [3.8, 4) is 0 Å². The third kappa shape index (κ3) is 12.0. The molecule has 0 aromatic heterocycles. The third-order valence-corrected chi connectivity index (χ3v) is 3.13. The quantitative estimate of drug-likeness (QED) is 0.548. The van der Waals surface area contributed by atoms with E-state index >= 15 is 0 Å². The van der Waals surface area contributed by atoms with E-state index < -0.39 is 0 Å². The molecule has 0 fully saturated rings. The Morgan fingerprint density at radius 2 is 0.923 bits per heavy atom. The predicted molar refractivity (Wildman–Crippen MR) is 64.1 cm³/mol. The van der Waals surface area contributed by atoms with Crippen molar-refractivity contribution >= 4 is 0 Å². The van der Waals surface area contributed by atoms with Crippen LogP contribution in [0.5, 0.6) is 0 Å². The minimum atomic E-state index is 0.935. The Balaban J connectivity index is 0. The van der Waals surface area contributed by atoms with Crippen molar-refractivity contribution in [1.29, 1.82) is 0 Å². The first kappa shape index (κ1) is 15.5. The van der Waals surface area contributed by atoms with Gasteiger partial charge in [-0.05, 0) is 11.8 Å². The van der Waals surface area contributed by atoms with Gasteiger partial charge in [0.15, 0.2) is 0 Å². The first-order valence-electron chi connectivity index (χ1n) is 6.15. The zero-order chi connectivity index (χ0) is 10.7. The summed E-state index contributed by atoms with van der Waals surface area (Å²) in [7, 11) is 0. The maximum atomic E-state index is 2.28. The van der Waals surface area contributed by atoms with Gasteiger partial charge in [-0.15, -0.1) is 0 Å². The van der Waals surface area contributed by atoms with Crippen molar-refractivity contribution in [2.24, 2.45) is 11.8 Å². The molecule has 0 saturated carbocycles. The summed E-state index contributed by atoms with van der Waals surface area (Å²) in [4.78, 5) is 0. The van der Waals surface area contributed by atoms with Crippen molar-refractivity contribution < 1.29 is 0 Å². The lowest BCUT2D eigenvalue weighted by molar-refractivity contribution is 0.477. The van der Waals surface area contributed by atoms with E-state index in [1.165, 1.54) is 32.1 Å². The lowest BCUT2D eigenvalue weighted by Gasteiger charge is -2.05. The number of hydrogen-bond acceptors (Lipinski definition) is 0. The van der Waals surface area contributed by atoms with Gasteiger partial charge in [0.1, 0.15) is 0 Å². The second kappa shape index (κ2) is 12.0. The largest absolute Gasteiger partial charge is 0.0651 e. The molecule has 13 heavy (non-hydrogen) atoms. The highest BCUT2D eigenvalue weighted by Gasteiger charge is 1.95. The Morgan fingerprint density at radius 1 is 0.615 bits per heavy atom. The minimum Gasteiger partial charge on any atom is -0.0651 e. The summed E-state index contributed by atoms with van der Waals surface area (Å²) in [6.07, 6.45) is 6.72. The topological polar surface area (TPSA) is 0 Å². The zero-order valence-electron chi connectivity index (χ0n) is 10.7. The Bertz CT molecular complexity index is 62.6. The normalized spacial score (nSPS) is 10.2. The second-order valence-electron chi connectivity index (χ2n) is 4.01. The van der Waals surface area contributed by atoms with Gasteiger partial charge in [-0.25, -0.2) is 0 Å². The summed E-state index contributed by atoms with van der Waals surface area (Å²) in [6.45, 7) is 13.5. The van der Waals surface area contributed by atoms with Gasteiger partial charge in [0, 0.05) is 0 Å². The monoisotopic (exact) mass is 186 g/mol. The summed E-state index contributed by atoms with van der Waals surface area (Å²) in [5, 5.41) is 0. The van der Waals surface area contributed by atoms with Crippen molar-refractivity contribution in [3.05, 3.63) is 0 Å². The Hall–Kier alpha value is 0. The maximum Gasteiger partial charge on any atom is -0.0422 e. The molecule has 0 aromatic rings. The first-order valence-corrected chi connectivity index (χ1v) is 6.15. The molecule has 0 spiro atoms. The highest BCUT2D eigenvalue weighted by Crippen LogP contribution is 2.10. The molecule has 0 saturated heterocycles. The van der Waals surface area contributed by atoms with Crippen LogP contribution < -0.4 is 0 Å². The predicted octanol–water partition coefficient (Wildman–Crippen LogP) is 5.28. The second-order valence-corrected chi connectivity index (χ2v) is 4.01. The van der Waals surface area contributed by atoms with E-state index in [4.69, 9.17) is 0 Å². The van der Waals surface area contributed by atoms with E-state index in [0.29, 0.717) is 0 Å². The molecule has 0 aliphatic heterocycles. The molecule has 0 aliphatic carbocycles. The summed E-state index contributed by atoms with van der Waals surface area (Å²) >= 11 is 0. The van der Waals surface area contributed by atoms with E-state index in [9.17, 15) is 0 Å². The molecular formula is C13H30. The van der Waals surface area contributed by atoms with Gasteiger partial charge in [0.25, 0.3) is 0 Å². The molecule has 0 aliphatic rings. The van der Waals surface area contributed by atoms with E-state index in [2.05, 4.69) is 41.5 Å². The molecule has 0 radical (unpaired) electrons. The van der Waals surface area contributed by atoms with Gasteiger partial charge in [-0.1, -0.05) is 73.6 Å². The van der Waals surface area contributed by atoms with Crippen molar-refractivity contribution in [2.75, 3.05) is 0 Å². The minimum absolute atomic E-state index is 0.935. The van der Waals surface area contributed by atoms with Crippen molar-refractivity contribution in [2.45, 2.75) is 73.6 Å². The summed E-state index contributed by atoms with van der Waals surface area (Å²) in [6, 6.07) is 0. The molecule has 0 N–H and O–H groups in total. The van der Waals surface area contributed by atoms with Crippen molar-refractivity contribution in [3.63, 3.8) is 0 Å². The van der Waals surface area contributed by atoms with Crippen LogP contribution in [0.25, 0.3) is 0 Å². The van der Waals surface area contributed by atoms with Gasteiger partial charge in [-0.2, -0.15) is 0 Å². The van der Waals surface area contributed by atoms with E-state index in [-0.39, 0.29) is 0 Å². The molecule has 0 bridgehead atoms. The van der Waals surface area contributed by atoms with Crippen LogP contribution >= 0.6 is 0 Å². The van der Waals surface area contributed by atoms with Crippen LogP contribution in [0.2, 0.25) is 0 Å². The summed E-state index contributed by atoms with van der Waals surface area (Å²) in [5.74, 6) is 1.92. The highest BCUT2D eigenvalue weighted by atomic mass is 14.0. The average molecular weight is 186 g/mol. The molecular weight excluding hydrogens is 156 g/mol. The van der Waals surface area contributed by atoms with Gasteiger partial charge in [0.2, 0.25) is 0 Å². The molecule has 0 unspecified atom stereocenters. The maximum absolute atomic E-state index is 2.28. The Labute approximate surface area is 86.1 Å². The molecule has 0 amide bonds. The Morgan fingerprint density at radius 3 is 0.923 bits per heavy atom. The SMILES string of the molecule is CCC(C)CC.CCC(CC)CC. The van der Waals surface area contributed by atoms with Crippen LogP contribution in [0.3, 0.4) is 0 Å². The molecule has 0 rings (SSSR count). The number of rotatable bonds is 5. The van der Waals surface area contributed by atoms with Gasteiger partial charge >= 0.3 is 0 Å². The lowest BCUT2D eigenvalue weighted by Crippen LogP contribution is -1.91. The van der Waals surface area contributed by atoms with Crippen LogP contribution in [0.1, 0.15) is 73.6 Å². The average Bonchev–Trinajstić information content (AvgIpc) is 2.20. The Kier molecular flexibility index (Phi) is 14.3. The molecule has 0 nitrogen and oxygen atoms in total.